The molecule has 0 aliphatic carbocycles. The van der Waals surface area contributed by atoms with Gasteiger partial charge in [0.05, 0.1) is 6.61 Å². The molecule has 0 bridgehead atoms. The topological polar surface area (TPSA) is 83.5 Å². The highest BCUT2D eigenvalue weighted by Crippen LogP contribution is 2.14. The zero-order valence-corrected chi connectivity index (χ0v) is 8.81. The van der Waals surface area contributed by atoms with Crippen molar-refractivity contribution in [2.24, 2.45) is 0 Å². The van der Waals surface area contributed by atoms with Gasteiger partial charge in [-0.1, -0.05) is 0 Å². The minimum atomic E-state index is -3.43. The second-order valence-corrected chi connectivity index (χ2v) is 5.83. The predicted molar refractivity (Wildman–Crippen MR) is 49.0 cm³/mol. The Kier molecular flexibility index (Phi) is 3.87. The van der Waals surface area contributed by atoms with Gasteiger partial charge in [0, 0.05) is 12.8 Å². The average molecular weight is 209 g/mol. The van der Waals surface area contributed by atoms with Crippen molar-refractivity contribution >= 4 is 15.7 Å². The number of aliphatic hydroxyl groups excluding tert-OH is 1. The molecule has 78 valence electrons. The highest BCUT2D eigenvalue weighted by Gasteiger charge is 2.37. The number of hydrogen-bond acceptors (Lipinski definition) is 4. The summed E-state index contributed by atoms with van der Waals surface area (Å²) >= 11 is 0. The van der Waals surface area contributed by atoms with Crippen molar-refractivity contribution in [1.82, 2.24) is 5.32 Å². The largest absolute Gasteiger partial charge is 0.395 e. The lowest BCUT2D eigenvalue weighted by atomic mass is 10.2. The van der Waals surface area contributed by atoms with Gasteiger partial charge in [0.25, 0.3) is 0 Å². The first-order chi connectivity index (χ1) is 5.73. The van der Waals surface area contributed by atoms with Crippen LogP contribution in [0, 0.1) is 0 Å². The quantitative estimate of drug-likeness (QED) is 0.617. The Morgan fingerprint density at radius 3 is 2.23 bits per heavy atom. The summed E-state index contributed by atoms with van der Waals surface area (Å²) in [7, 11) is -3.43. The number of amides is 1. The van der Waals surface area contributed by atoms with E-state index in [0.29, 0.717) is 0 Å². The Hall–Kier alpha value is -0.620. The van der Waals surface area contributed by atoms with Crippen LogP contribution in [0.2, 0.25) is 0 Å². The molecule has 0 rings (SSSR count). The van der Waals surface area contributed by atoms with Gasteiger partial charge in [-0.25, -0.2) is 8.42 Å². The predicted octanol–water partition coefficient (Wildman–Crippen LogP) is -1.08. The number of sulfone groups is 1. The van der Waals surface area contributed by atoms with Crippen molar-refractivity contribution in [2.45, 2.75) is 18.6 Å². The van der Waals surface area contributed by atoms with Crippen LogP contribution in [0.5, 0.6) is 0 Å². The van der Waals surface area contributed by atoms with Crippen LogP contribution >= 0.6 is 0 Å². The third kappa shape index (κ3) is 2.96. The van der Waals surface area contributed by atoms with E-state index in [0.717, 1.165) is 6.26 Å². The fourth-order valence-electron chi connectivity index (χ4n) is 0.551. The van der Waals surface area contributed by atoms with Crippen LogP contribution in [0.3, 0.4) is 0 Å². The van der Waals surface area contributed by atoms with E-state index in [2.05, 4.69) is 5.32 Å². The molecular weight excluding hydrogens is 194 g/mol. The smallest absolute Gasteiger partial charge is 0.240 e. The normalized spacial score (nSPS) is 12.6. The fourth-order valence-corrected chi connectivity index (χ4v) is 0.960. The zero-order valence-electron chi connectivity index (χ0n) is 7.99. The maximum absolute atomic E-state index is 11.3. The monoisotopic (exact) mass is 209 g/mol. The molecule has 0 aromatic rings. The average Bonchev–Trinajstić information content (AvgIpc) is 1.97. The van der Waals surface area contributed by atoms with Crippen molar-refractivity contribution in [3.05, 3.63) is 0 Å². The van der Waals surface area contributed by atoms with Crippen LogP contribution < -0.4 is 5.32 Å². The molecule has 0 aliphatic heterocycles. The molecule has 6 heteroatoms. The van der Waals surface area contributed by atoms with Crippen LogP contribution in [0.1, 0.15) is 13.8 Å². The summed E-state index contributed by atoms with van der Waals surface area (Å²) in [5, 5.41) is 10.7. The van der Waals surface area contributed by atoms with Gasteiger partial charge in [-0.2, -0.15) is 0 Å². The third-order valence-corrected chi connectivity index (χ3v) is 3.91. The van der Waals surface area contributed by atoms with Gasteiger partial charge in [0.15, 0.2) is 9.84 Å². The SMILES string of the molecule is CC(C)(C(=O)NCCO)S(C)(=O)=O. The van der Waals surface area contributed by atoms with Crippen molar-refractivity contribution < 1.29 is 18.3 Å². The first kappa shape index (κ1) is 12.4. The number of carbonyl (C=O) groups excluding carboxylic acids is 1. The van der Waals surface area contributed by atoms with Gasteiger partial charge in [0.2, 0.25) is 5.91 Å². The van der Waals surface area contributed by atoms with E-state index < -0.39 is 20.5 Å². The molecule has 0 heterocycles. The van der Waals surface area contributed by atoms with Gasteiger partial charge < -0.3 is 10.4 Å². The Morgan fingerprint density at radius 2 is 1.92 bits per heavy atom. The lowest BCUT2D eigenvalue weighted by Gasteiger charge is -2.20. The Bertz CT molecular complexity index is 281. The van der Waals surface area contributed by atoms with Crippen LogP contribution in [0.15, 0.2) is 0 Å². The van der Waals surface area contributed by atoms with E-state index in [1.807, 2.05) is 0 Å². The molecule has 0 aromatic carbocycles. The van der Waals surface area contributed by atoms with Crippen molar-refractivity contribution in [3.63, 3.8) is 0 Å². The number of aliphatic hydroxyl groups is 1. The van der Waals surface area contributed by atoms with E-state index in [1.165, 1.54) is 13.8 Å². The first-order valence-electron chi connectivity index (χ1n) is 3.82. The van der Waals surface area contributed by atoms with Crippen LogP contribution in [-0.4, -0.2) is 43.6 Å². The van der Waals surface area contributed by atoms with E-state index in [9.17, 15) is 13.2 Å². The molecule has 0 aromatic heterocycles. The summed E-state index contributed by atoms with van der Waals surface area (Å²) in [6, 6.07) is 0. The highest BCUT2D eigenvalue weighted by molar-refractivity contribution is 7.92. The van der Waals surface area contributed by atoms with Crippen LogP contribution in [-0.2, 0) is 14.6 Å². The molecule has 0 spiro atoms. The van der Waals surface area contributed by atoms with E-state index >= 15 is 0 Å². The van der Waals surface area contributed by atoms with Crippen LogP contribution in [0.4, 0.5) is 0 Å². The lowest BCUT2D eigenvalue weighted by molar-refractivity contribution is -0.123. The minimum Gasteiger partial charge on any atom is -0.395 e. The molecule has 0 atom stereocenters. The molecule has 13 heavy (non-hydrogen) atoms. The summed E-state index contributed by atoms with van der Waals surface area (Å²) in [5.41, 5.74) is 0. The highest BCUT2D eigenvalue weighted by atomic mass is 32.2. The van der Waals surface area contributed by atoms with E-state index in [4.69, 9.17) is 5.11 Å². The molecule has 0 radical (unpaired) electrons. The second-order valence-electron chi connectivity index (χ2n) is 3.26. The summed E-state index contributed by atoms with van der Waals surface area (Å²) in [4.78, 5) is 11.3. The number of rotatable bonds is 4. The Balaban J connectivity index is 4.57. The van der Waals surface area contributed by atoms with E-state index in [-0.39, 0.29) is 13.2 Å². The van der Waals surface area contributed by atoms with Gasteiger partial charge >= 0.3 is 0 Å². The van der Waals surface area contributed by atoms with Gasteiger partial charge in [0.1, 0.15) is 4.75 Å². The molecule has 0 aliphatic rings. The van der Waals surface area contributed by atoms with Gasteiger partial charge in [-0.3, -0.25) is 4.79 Å². The van der Waals surface area contributed by atoms with Crippen molar-refractivity contribution in [1.29, 1.82) is 0 Å². The zero-order chi connectivity index (χ0) is 10.7. The molecular formula is C7H15NO4S. The van der Waals surface area contributed by atoms with Crippen molar-refractivity contribution in [2.75, 3.05) is 19.4 Å². The minimum absolute atomic E-state index is 0.0672. The summed E-state index contributed by atoms with van der Waals surface area (Å²) in [6.07, 6.45) is 1.01. The molecule has 5 nitrogen and oxygen atoms in total. The molecule has 0 saturated carbocycles. The molecule has 0 saturated heterocycles. The Labute approximate surface area is 78.1 Å². The summed E-state index contributed by atoms with van der Waals surface area (Å²) in [5.74, 6) is -0.593. The molecule has 1 amide bonds. The standard InChI is InChI=1S/C7H15NO4S/c1-7(2,13(3,11)12)6(10)8-4-5-9/h9H,4-5H2,1-3H3,(H,8,10). The summed E-state index contributed by atoms with van der Waals surface area (Å²) < 4.78 is 20.8. The Morgan fingerprint density at radius 1 is 1.46 bits per heavy atom. The second kappa shape index (κ2) is 4.06. The van der Waals surface area contributed by atoms with E-state index in [1.54, 1.807) is 0 Å². The lowest BCUT2D eigenvalue weighted by Crippen LogP contribution is -2.48. The van der Waals surface area contributed by atoms with Gasteiger partial charge in [-0.15, -0.1) is 0 Å². The fraction of sp³-hybridized carbons (Fsp3) is 0.857. The molecule has 0 fully saturated rings. The van der Waals surface area contributed by atoms with Crippen molar-refractivity contribution in [3.8, 4) is 0 Å². The number of hydrogen-bond donors (Lipinski definition) is 2. The number of nitrogens with one attached hydrogen (secondary N) is 1. The maximum Gasteiger partial charge on any atom is 0.240 e. The summed E-state index contributed by atoms with van der Waals surface area (Å²) in [6.45, 7) is 2.52. The first-order valence-corrected chi connectivity index (χ1v) is 5.71. The third-order valence-electron chi connectivity index (χ3n) is 1.87. The van der Waals surface area contributed by atoms with Crippen LogP contribution in [0.25, 0.3) is 0 Å². The molecule has 0 unspecified atom stereocenters. The maximum atomic E-state index is 11.3. The van der Waals surface area contributed by atoms with Gasteiger partial charge in [-0.05, 0) is 13.8 Å². The molecule has 2 N–H and O–H groups in total. The number of carbonyl (C=O) groups is 1.